The first-order valence-electron chi connectivity index (χ1n) is 10.9. The summed E-state index contributed by atoms with van der Waals surface area (Å²) in [6.07, 6.45) is -0.711. The number of hydrogen-bond acceptors (Lipinski definition) is 5. The number of phenolic OH excluding ortho intramolecular Hbond substituents is 1. The van der Waals surface area contributed by atoms with Crippen molar-refractivity contribution in [3.8, 4) is 5.75 Å². The van der Waals surface area contributed by atoms with E-state index >= 15 is 0 Å². The molecule has 0 fully saturated rings. The minimum absolute atomic E-state index is 0.100. The van der Waals surface area contributed by atoms with Crippen molar-refractivity contribution in [1.29, 1.82) is 0 Å². The number of ether oxygens (including phenoxy) is 1. The molecule has 0 aliphatic heterocycles. The summed E-state index contributed by atoms with van der Waals surface area (Å²) in [7, 11) is 0. The predicted octanol–water partition coefficient (Wildman–Crippen LogP) is 3.43. The first kappa shape index (κ1) is 25.7. The molecule has 0 saturated carbocycles. The van der Waals surface area contributed by atoms with Gasteiger partial charge in [-0.1, -0.05) is 36.4 Å². The number of nitrogens with zero attached hydrogens (tertiary/aromatic N) is 1. The molecule has 8 heteroatoms. The van der Waals surface area contributed by atoms with E-state index in [0.29, 0.717) is 17.7 Å². The summed E-state index contributed by atoms with van der Waals surface area (Å²) in [5.74, 6) is -0.700. The third kappa shape index (κ3) is 7.82. The minimum atomic E-state index is -0.939. The Balaban J connectivity index is 2.23. The quantitative estimate of drug-likeness (QED) is 0.565. The third-order valence-electron chi connectivity index (χ3n) is 4.85. The van der Waals surface area contributed by atoms with Gasteiger partial charge in [-0.2, -0.15) is 0 Å². The normalized spacial score (nSPS) is 11.9. The molecular weight excluding hydrogens is 422 g/mol. The smallest absolute Gasteiger partial charge is 0.408 e. The van der Waals surface area contributed by atoms with E-state index < -0.39 is 23.6 Å². The molecule has 2 aromatic rings. The zero-order chi connectivity index (χ0) is 24.6. The Morgan fingerprint density at radius 3 is 2.30 bits per heavy atom. The predicted molar refractivity (Wildman–Crippen MR) is 125 cm³/mol. The van der Waals surface area contributed by atoms with Gasteiger partial charge >= 0.3 is 6.09 Å². The van der Waals surface area contributed by atoms with Gasteiger partial charge in [0.1, 0.15) is 23.9 Å². The van der Waals surface area contributed by atoms with Crippen molar-refractivity contribution in [2.45, 2.75) is 52.8 Å². The zero-order valence-corrected chi connectivity index (χ0v) is 19.8. The van der Waals surface area contributed by atoms with Crippen molar-refractivity contribution in [2.75, 3.05) is 13.1 Å². The van der Waals surface area contributed by atoms with E-state index in [4.69, 9.17) is 4.74 Å². The van der Waals surface area contributed by atoms with Crippen molar-refractivity contribution in [2.24, 2.45) is 0 Å². The third-order valence-corrected chi connectivity index (χ3v) is 4.85. The molecule has 33 heavy (non-hydrogen) atoms. The Kier molecular flexibility index (Phi) is 8.85. The number of alkyl carbamates (subject to hydrolysis) is 1. The number of carbonyl (C=O) groups excluding carboxylic acids is 3. The van der Waals surface area contributed by atoms with Crippen LogP contribution in [0.4, 0.5) is 4.79 Å². The van der Waals surface area contributed by atoms with Crippen LogP contribution in [0.2, 0.25) is 0 Å². The monoisotopic (exact) mass is 455 g/mol. The van der Waals surface area contributed by atoms with Gasteiger partial charge in [-0.25, -0.2) is 4.79 Å². The van der Waals surface area contributed by atoms with Crippen LogP contribution < -0.4 is 10.6 Å². The van der Waals surface area contributed by atoms with Crippen molar-refractivity contribution < 1.29 is 24.2 Å². The Bertz CT molecular complexity index is 970. The number of aryl methyl sites for hydroxylation is 1. The molecule has 0 aromatic heterocycles. The van der Waals surface area contributed by atoms with Crippen LogP contribution in [0.3, 0.4) is 0 Å². The maximum absolute atomic E-state index is 13.3. The van der Waals surface area contributed by atoms with E-state index in [-0.39, 0.29) is 24.7 Å². The molecule has 3 amide bonds. The molecule has 0 bridgehead atoms. The highest BCUT2D eigenvalue weighted by Crippen LogP contribution is 2.26. The summed E-state index contributed by atoms with van der Waals surface area (Å²) < 4.78 is 5.18. The molecule has 3 N–H and O–H groups in total. The van der Waals surface area contributed by atoms with Gasteiger partial charge in [-0.15, -0.1) is 0 Å². The van der Waals surface area contributed by atoms with Crippen molar-refractivity contribution >= 4 is 17.9 Å². The van der Waals surface area contributed by atoms with E-state index in [2.05, 4.69) is 10.6 Å². The second-order valence-electron chi connectivity index (χ2n) is 8.69. The average Bonchev–Trinajstić information content (AvgIpc) is 2.75. The highest BCUT2D eigenvalue weighted by molar-refractivity contribution is 5.90. The lowest BCUT2D eigenvalue weighted by Crippen LogP contribution is -2.47. The second kappa shape index (κ2) is 11.4. The van der Waals surface area contributed by atoms with Gasteiger partial charge in [-0.3, -0.25) is 9.59 Å². The fraction of sp³-hybridized carbons (Fsp3) is 0.400. The number of aromatic hydroxyl groups is 1. The van der Waals surface area contributed by atoms with Crippen molar-refractivity contribution in [1.82, 2.24) is 15.5 Å². The van der Waals surface area contributed by atoms with Gasteiger partial charge in [0.25, 0.3) is 0 Å². The van der Waals surface area contributed by atoms with Crippen molar-refractivity contribution in [3.05, 3.63) is 65.2 Å². The van der Waals surface area contributed by atoms with Gasteiger partial charge in [0.2, 0.25) is 11.8 Å². The molecule has 0 saturated heterocycles. The zero-order valence-electron chi connectivity index (χ0n) is 19.8. The number of likely N-dealkylation sites (N-methyl/N-ethyl adjacent to an activating group) is 1. The molecule has 8 nitrogen and oxygen atoms in total. The molecule has 0 aliphatic carbocycles. The van der Waals surface area contributed by atoms with Gasteiger partial charge in [0.15, 0.2) is 0 Å². The summed E-state index contributed by atoms with van der Waals surface area (Å²) in [5, 5.41) is 15.3. The highest BCUT2D eigenvalue weighted by atomic mass is 16.6. The van der Waals surface area contributed by atoms with Crippen LogP contribution in [0.15, 0.2) is 48.5 Å². The van der Waals surface area contributed by atoms with Gasteiger partial charge < -0.3 is 25.4 Å². The molecule has 0 spiro atoms. The fourth-order valence-electron chi connectivity index (χ4n) is 3.27. The lowest BCUT2D eigenvalue weighted by atomic mass is 10.0. The molecule has 0 aliphatic rings. The number of rotatable bonds is 8. The second-order valence-corrected chi connectivity index (χ2v) is 8.69. The lowest BCUT2D eigenvalue weighted by Gasteiger charge is -2.31. The summed E-state index contributed by atoms with van der Waals surface area (Å²) in [4.78, 5) is 39.7. The molecular formula is C25H33N3O5. The maximum Gasteiger partial charge on any atom is 0.408 e. The number of nitrogens with one attached hydrogen (secondary N) is 2. The van der Waals surface area contributed by atoms with Crippen LogP contribution in [0, 0.1) is 6.92 Å². The van der Waals surface area contributed by atoms with Gasteiger partial charge in [0, 0.05) is 13.1 Å². The van der Waals surface area contributed by atoms with E-state index in [0.717, 1.165) is 5.56 Å². The fourth-order valence-corrected chi connectivity index (χ4v) is 3.27. The Morgan fingerprint density at radius 2 is 1.73 bits per heavy atom. The molecule has 2 rings (SSSR count). The molecule has 0 radical (unpaired) electrons. The molecule has 1 atom stereocenters. The number of benzene rings is 2. The topological polar surface area (TPSA) is 108 Å². The molecule has 2 aromatic carbocycles. The van der Waals surface area contributed by atoms with Crippen LogP contribution in [0.1, 0.15) is 50.4 Å². The first-order valence-corrected chi connectivity index (χ1v) is 10.9. The van der Waals surface area contributed by atoms with Gasteiger partial charge in [0.05, 0.1) is 0 Å². The van der Waals surface area contributed by atoms with Crippen LogP contribution >= 0.6 is 0 Å². The Morgan fingerprint density at radius 1 is 1.06 bits per heavy atom. The van der Waals surface area contributed by atoms with Crippen LogP contribution in [0.25, 0.3) is 0 Å². The first-order chi connectivity index (χ1) is 15.5. The van der Waals surface area contributed by atoms with E-state index in [1.165, 1.54) is 11.0 Å². The lowest BCUT2D eigenvalue weighted by molar-refractivity contribution is -0.140. The summed E-state index contributed by atoms with van der Waals surface area (Å²) in [6, 6.07) is 13.3. The summed E-state index contributed by atoms with van der Waals surface area (Å²) in [6.45, 7) is 8.89. The molecule has 178 valence electrons. The van der Waals surface area contributed by atoms with Crippen LogP contribution in [-0.2, 0) is 20.9 Å². The van der Waals surface area contributed by atoms with E-state index in [1.807, 2.05) is 30.3 Å². The Hall–Kier alpha value is -3.55. The van der Waals surface area contributed by atoms with Crippen molar-refractivity contribution in [3.63, 3.8) is 0 Å². The minimum Gasteiger partial charge on any atom is -0.508 e. The molecule has 1 unspecified atom stereocenters. The van der Waals surface area contributed by atoms with E-state index in [9.17, 15) is 19.5 Å². The highest BCUT2D eigenvalue weighted by Gasteiger charge is 2.31. The number of hydrogen-bond donors (Lipinski definition) is 3. The summed E-state index contributed by atoms with van der Waals surface area (Å²) in [5.41, 5.74) is 1.38. The SMILES string of the molecule is CCN(C(=O)CNC(=O)OC(C)(C)C)C(C(=O)NCc1ccccc1)c1ccc(O)c(C)c1. The van der Waals surface area contributed by atoms with Gasteiger partial charge in [-0.05, 0) is 63.4 Å². The number of amides is 3. The average molecular weight is 456 g/mol. The number of carbonyl (C=O) groups is 3. The van der Waals surface area contributed by atoms with E-state index in [1.54, 1.807) is 46.8 Å². The van der Waals surface area contributed by atoms with Crippen LogP contribution in [-0.4, -0.2) is 46.6 Å². The number of phenols is 1. The largest absolute Gasteiger partial charge is 0.508 e. The van der Waals surface area contributed by atoms with Crippen LogP contribution in [0.5, 0.6) is 5.75 Å². The maximum atomic E-state index is 13.3. The molecule has 0 heterocycles. The standard InChI is InChI=1S/C25H33N3O5/c1-6-28(21(30)16-27-24(32)33-25(3,4)5)22(19-12-13-20(29)17(2)14-19)23(31)26-15-18-10-8-7-9-11-18/h7-14,22,29H,6,15-16H2,1-5H3,(H,26,31)(H,27,32). The summed E-state index contributed by atoms with van der Waals surface area (Å²) >= 11 is 0. The Labute approximate surface area is 194 Å².